The van der Waals surface area contributed by atoms with Crippen molar-refractivity contribution in [1.82, 2.24) is 0 Å². The second-order valence-electron chi connectivity index (χ2n) is 4.77. The van der Waals surface area contributed by atoms with Crippen molar-refractivity contribution in [3.05, 3.63) is 70.9 Å². The zero-order valence-electron chi connectivity index (χ0n) is 12.0. The minimum absolute atomic E-state index is 0.797. The van der Waals surface area contributed by atoms with Crippen LogP contribution >= 0.6 is 23.5 Å². The largest absolute Gasteiger partial charge is 0.443 e. The van der Waals surface area contributed by atoms with E-state index in [0.717, 1.165) is 31.3 Å². The van der Waals surface area contributed by atoms with E-state index in [1.165, 1.54) is 0 Å². The molecule has 23 heavy (non-hydrogen) atoms. The highest BCUT2D eigenvalue weighted by Crippen LogP contribution is 2.41. The molecule has 2 aliphatic rings. The van der Waals surface area contributed by atoms with E-state index in [0.29, 0.717) is 0 Å². The summed E-state index contributed by atoms with van der Waals surface area (Å²) in [7, 11) is 0. The van der Waals surface area contributed by atoms with Gasteiger partial charge < -0.3 is 4.74 Å². The van der Waals surface area contributed by atoms with E-state index in [4.69, 9.17) is 4.74 Å². The molecule has 0 fully saturated rings. The molecule has 0 aromatic heterocycles. The molecule has 112 valence electrons. The predicted molar refractivity (Wildman–Crippen MR) is 98.2 cm³/mol. The van der Waals surface area contributed by atoms with Crippen LogP contribution in [0.5, 0.6) is 0 Å². The lowest BCUT2D eigenvalue weighted by atomic mass is 10.3. The molecule has 4 rings (SSSR count). The third-order valence-corrected chi connectivity index (χ3v) is 5.17. The van der Waals surface area contributed by atoms with Crippen LogP contribution < -0.4 is 0 Å². The molecular formula is C18H12N2OS2. The summed E-state index contributed by atoms with van der Waals surface area (Å²) in [6.07, 6.45) is 7.33. The Balaban J connectivity index is 1.56. The quantitative estimate of drug-likeness (QED) is 0.705. The van der Waals surface area contributed by atoms with Crippen molar-refractivity contribution in [1.29, 1.82) is 0 Å². The standard InChI is InChI=1S/C18H12N2OS2/c1-3-7-15-13(5-1)19-11-9-17(22-15)21-18-10-12-20-14-6-2-4-8-16(14)23-18/h1-12H. The number of thioether (sulfide) groups is 2. The molecule has 3 nitrogen and oxygen atoms in total. The smallest absolute Gasteiger partial charge is 0.168 e. The minimum Gasteiger partial charge on any atom is -0.443 e. The molecule has 0 N–H and O–H groups in total. The van der Waals surface area contributed by atoms with Crippen molar-refractivity contribution < 1.29 is 4.74 Å². The van der Waals surface area contributed by atoms with E-state index in [2.05, 4.69) is 9.98 Å². The molecule has 0 amide bonds. The summed E-state index contributed by atoms with van der Waals surface area (Å²) in [5, 5.41) is 1.59. The molecule has 0 saturated carbocycles. The van der Waals surface area contributed by atoms with Gasteiger partial charge in [0.1, 0.15) is 0 Å². The van der Waals surface area contributed by atoms with Crippen LogP contribution in [0.2, 0.25) is 0 Å². The van der Waals surface area contributed by atoms with E-state index in [1.807, 2.05) is 60.7 Å². The van der Waals surface area contributed by atoms with E-state index in [-0.39, 0.29) is 0 Å². The second-order valence-corrected chi connectivity index (χ2v) is 6.86. The number of fused-ring (bicyclic) bond motifs is 2. The molecule has 0 atom stereocenters. The van der Waals surface area contributed by atoms with Crippen molar-refractivity contribution >= 4 is 47.3 Å². The Bertz CT molecular complexity index is 797. The number of nitrogens with zero attached hydrogens (tertiary/aromatic N) is 2. The first kappa shape index (κ1) is 14.4. The normalized spacial score (nSPS) is 15.7. The highest BCUT2D eigenvalue weighted by atomic mass is 32.2. The Labute approximate surface area is 142 Å². The highest BCUT2D eigenvalue weighted by molar-refractivity contribution is 8.04. The number of hydrogen-bond donors (Lipinski definition) is 0. The van der Waals surface area contributed by atoms with Crippen LogP contribution in [-0.2, 0) is 4.74 Å². The van der Waals surface area contributed by atoms with Gasteiger partial charge in [-0.15, -0.1) is 0 Å². The van der Waals surface area contributed by atoms with Crippen molar-refractivity contribution in [2.45, 2.75) is 9.79 Å². The van der Waals surface area contributed by atoms with E-state index < -0.39 is 0 Å². The molecule has 0 aliphatic carbocycles. The number of benzene rings is 2. The first-order valence-corrected chi connectivity index (χ1v) is 8.72. The second kappa shape index (κ2) is 6.48. The predicted octanol–water partition coefficient (Wildman–Crippen LogP) is 5.70. The summed E-state index contributed by atoms with van der Waals surface area (Å²) in [5.41, 5.74) is 1.92. The van der Waals surface area contributed by atoms with Gasteiger partial charge in [0, 0.05) is 34.4 Å². The van der Waals surface area contributed by atoms with Crippen LogP contribution in [0.3, 0.4) is 0 Å². The summed E-state index contributed by atoms with van der Waals surface area (Å²) in [6.45, 7) is 0. The zero-order valence-corrected chi connectivity index (χ0v) is 13.7. The average molecular weight is 336 g/mol. The maximum Gasteiger partial charge on any atom is 0.168 e. The van der Waals surface area contributed by atoms with Crippen molar-refractivity contribution in [2.24, 2.45) is 9.98 Å². The highest BCUT2D eigenvalue weighted by Gasteiger charge is 2.14. The lowest BCUT2D eigenvalue weighted by Gasteiger charge is -2.11. The summed E-state index contributed by atoms with van der Waals surface area (Å²) in [4.78, 5) is 11.0. The Morgan fingerprint density at radius 1 is 0.652 bits per heavy atom. The lowest BCUT2D eigenvalue weighted by molar-refractivity contribution is 0.375. The fourth-order valence-corrected chi connectivity index (χ4v) is 3.90. The van der Waals surface area contributed by atoms with Gasteiger partial charge in [0.05, 0.1) is 11.4 Å². The minimum atomic E-state index is 0.797. The van der Waals surface area contributed by atoms with Crippen molar-refractivity contribution in [3.63, 3.8) is 0 Å². The number of rotatable bonds is 2. The first-order chi connectivity index (χ1) is 11.4. The number of aliphatic imine (C=N–C) groups is 2. The molecule has 2 aromatic carbocycles. The summed E-state index contributed by atoms with van der Waals surface area (Å²) >= 11 is 3.15. The van der Waals surface area contributed by atoms with Gasteiger partial charge in [0.25, 0.3) is 0 Å². The number of ether oxygens (including phenoxy) is 1. The van der Waals surface area contributed by atoms with Crippen LogP contribution in [-0.4, -0.2) is 12.4 Å². The number of allylic oxidation sites excluding steroid dienone is 2. The van der Waals surface area contributed by atoms with E-state index in [1.54, 1.807) is 36.0 Å². The summed E-state index contributed by atoms with van der Waals surface area (Å²) < 4.78 is 6.07. The molecule has 5 heteroatoms. The van der Waals surface area contributed by atoms with Gasteiger partial charge in [0.15, 0.2) is 10.2 Å². The Hall–Kier alpha value is -2.24. The molecule has 0 saturated heterocycles. The summed E-state index contributed by atoms with van der Waals surface area (Å²) in [5.74, 6) is 0. The average Bonchev–Trinajstić information content (AvgIpc) is 2.90. The fraction of sp³-hybridized carbons (Fsp3) is 0. The van der Waals surface area contributed by atoms with Crippen molar-refractivity contribution in [3.8, 4) is 0 Å². The van der Waals surface area contributed by atoms with Crippen LogP contribution in [0.25, 0.3) is 0 Å². The van der Waals surface area contributed by atoms with Gasteiger partial charge in [-0.1, -0.05) is 24.3 Å². The van der Waals surface area contributed by atoms with Crippen LogP contribution in [0.1, 0.15) is 0 Å². The molecule has 0 spiro atoms. The van der Waals surface area contributed by atoms with Crippen LogP contribution in [0, 0.1) is 0 Å². The number of hydrogen-bond acceptors (Lipinski definition) is 5. The summed E-state index contributed by atoms with van der Waals surface area (Å²) in [6, 6.07) is 16.1. The van der Waals surface area contributed by atoms with Gasteiger partial charge in [-0.05, 0) is 47.8 Å². The van der Waals surface area contributed by atoms with E-state index >= 15 is 0 Å². The molecule has 2 heterocycles. The van der Waals surface area contributed by atoms with Crippen molar-refractivity contribution in [2.75, 3.05) is 0 Å². The molecule has 0 radical (unpaired) electrons. The fourth-order valence-electron chi connectivity index (χ4n) is 2.15. The lowest BCUT2D eigenvalue weighted by Crippen LogP contribution is -1.88. The Morgan fingerprint density at radius 2 is 1.13 bits per heavy atom. The Morgan fingerprint density at radius 3 is 1.65 bits per heavy atom. The van der Waals surface area contributed by atoms with Crippen LogP contribution in [0.4, 0.5) is 11.4 Å². The monoisotopic (exact) mass is 336 g/mol. The van der Waals surface area contributed by atoms with Crippen LogP contribution in [0.15, 0.2) is 90.6 Å². The van der Waals surface area contributed by atoms with Gasteiger partial charge in [0.2, 0.25) is 0 Å². The number of para-hydroxylation sites is 2. The molecule has 0 unspecified atom stereocenters. The molecular weight excluding hydrogens is 324 g/mol. The SMILES string of the molecule is C1=Nc2ccccc2SC(OC2=CC=Nc3ccccc3S2)=C1. The topological polar surface area (TPSA) is 34.0 Å². The Kier molecular flexibility index (Phi) is 4.05. The zero-order chi connectivity index (χ0) is 15.5. The third kappa shape index (κ3) is 3.25. The first-order valence-electron chi connectivity index (χ1n) is 7.09. The van der Waals surface area contributed by atoms with Gasteiger partial charge in [-0.25, -0.2) is 0 Å². The third-order valence-electron chi connectivity index (χ3n) is 3.20. The van der Waals surface area contributed by atoms with E-state index in [9.17, 15) is 0 Å². The maximum atomic E-state index is 6.07. The van der Waals surface area contributed by atoms with Gasteiger partial charge in [-0.3, -0.25) is 9.98 Å². The maximum absolute atomic E-state index is 6.07. The molecule has 0 bridgehead atoms. The van der Waals surface area contributed by atoms with Gasteiger partial charge in [-0.2, -0.15) is 0 Å². The van der Waals surface area contributed by atoms with Gasteiger partial charge >= 0.3 is 0 Å². The molecule has 2 aliphatic heterocycles. The molecule has 2 aromatic rings.